The minimum absolute atomic E-state index is 0.0282. The summed E-state index contributed by atoms with van der Waals surface area (Å²) in [7, 11) is -3.05. The Balaban J connectivity index is 2.25. The summed E-state index contributed by atoms with van der Waals surface area (Å²) in [5, 5.41) is 13.8. The summed E-state index contributed by atoms with van der Waals surface area (Å²) < 4.78 is 22.7. The molecule has 102 valence electrons. The Kier molecular flexibility index (Phi) is 3.52. The van der Waals surface area contributed by atoms with Crippen molar-refractivity contribution < 1.29 is 18.1 Å². The van der Waals surface area contributed by atoms with Crippen LogP contribution in [0, 0.1) is 10.1 Å². The fraction of sp³-hybridized carbons (Fsp3) is 0.364. The van der Waals surface area contributed by atoms with Crippen molar-refractivity contribution in [2.45, 2.75) is 12.5 Å². The van der Waals surface area contributed by atoms with Gasteiger partial charge in [0.25, 0.3) is 5.69 Å². The third-order valence-electron chi connectivity index (χ3n) is 2.95. The summed E-state index contributed by atoms with van der Waals surface area (Å²) in [6, 6.07) is 3.71. The van der Waals surface area contributed by atoms with E-state index in [4.69, 9.17) is 0 Å². The van der Waals surface area contributed by atoms with E-state index < -0.39 is 14.8 Å². The van der Waals surface area contributed by atoms with Gasteiger partial charge in [0, 0.05) is 17.7 Å². The van der Waals surface area contributed by atoms with Crippen LogP contribution in [0.15, 0.2) is 18.2 Å². The Morgan fingerprint density at radius 3 is 2.68 bits per heavy atom. The number of aldehydes is 1. The highest BCUT2D eigenvalue weighted by molar-refractivity contribution is 7.91. The van der Waals surface area contributed by atoms with Gasteiger partial charge in [0.1, 0.15) is 12.0 Å². The first-order valence-corrected chi connectivity index (χ1v) is 7.44. The molecular formula is C11H12N2O5S. The molecule has 0 bridgehead atoms. The Hall–Kier alpha value is -1.96. The number of nitrogens with zero attached hydrogens (tertiary/aromatic N) is 1. The Bertz CT molecular complexity index is 626. The van der Waals surface area contributed by atoms with Crippen LogP contribution in [-0.4, -0.2) is 37.2 Å². The Morgan fingerprint density at radius 1 is 1.42 bits per heavy atom. The first-order chi connectivity index (χ1) is 8.91. The first-order valence-electron chi connectivity index (χ1n) is 5.62. The van der Waals surface area contributed by atoms with Crippen LogP contribution in [0.3, 0.4) is 0 Å². The third-order valence-corrected chi connectivity index (χ3v) is 4.71. The maximum Gasteiger partial charge on any atom is 0.293 e. The monoisotopic (exact) mass is 284 g/mol. The van der Waals surface area contributed by atoms with Gasteiger partial charge in [-0.05, 0) is 18.6 Å². The van der Waals surface area contributed by atoms with E-state index in [0.29, 0.717) is 12.7 Å². The molecule has 1 aromatic rings. The SMILES string of the molecule is O=Cc1ccc(NC2CCS(=O)(=O)C2)c([N+](=O)[O-])c1. The van der Waals surface area contributed by atoms with Gasteiger partial charge in [0.05, 0.1) is 16.4 Å². The van der Waals surface area contributed by atoms with E-state index >= 15 is 0 Å². The highest BCUT2D eigenvalue weighted by Crippen LogP contribution is 2.27. The van der Waals surface area contributed by atoms with Gasteiger partial charge in [-0.3, -0.25) is 14.9 Å². The molecule has 19 heavy (non-hydrogen) atoms. The lowest BCUT2D eigenvalue weighted by Gasteiger charge is -2.12. The summed E-state index contributed by atoms with van der Waals surface area (Å²) in [6.45, 7) is 0. The molecule has 1 N–H and O–H groups in total. The van der Waals surface area contributed by atoms with Crippen LogP contribution < -0.4 is 5.32 Å². The predicted molar refractivity (Wildman–Crippen MR) is 69.2 cm³/mol. The average Bonchev–Trinajstić information content (AvgIpc) is 2.69. The van der Waals surface area contributed by atoms with Crippen molar-refractivity contribution in [2.24, 2.45) is 0 Å². The molecule has 2 rings (SSSR count). The summed E-state index contributed by atoms with van der Waals surface area (Å²) in [4.78, 5) is 20.9. The van der Waals surface area contributed by atoms with Gasteiger partial charge in [0.2, 0.25) is 0 Å². The van der Waals surface area contributed by atoms with Crippen LogP contribution in [0.4, 0.5) is 11.4 Å². The molecule has 8 heteroatoms. The van der Waals surface area contributed by atoms with E-state index in [9.17, 15) is 23.3 Å². The number of nitro groups is 1. The fourth-order valence-electron chi connectivity index (χ4n) is 2.02. The third kappa shape index (κ3) is 3.08. The maximum atomic E-state index is 11.3. The predicted octanol–water partition coefficient (Wildman–Crippen LogP) is 1.01. The summed E-state index contributed by atoms with van der Waals surface area (Å²) in [5.74, 6) is 0.0600. The van der Waals surface area contributed by atoms with Crippen molar-refractivity contribution in [3.8, 4) is 0 Å². The molecule has 0 aliphatic carbocycles. The molecule has 0 spiro atoms. The number of carbonyl (C=O) groups is 1. The van der Waals surface area contributed by atoms with Crippen LogP contribution in [0.2, 0.25) is 0 Å². The fourth-order valence-corrected chi connectivity index (χ4v) is 3.70. The minimum atomic E-state index is -3.05. The van der Waals surface area contributed by atoms with Crippen LogP contribution in [0.1, 0.15) is 16.8 Å². The Morgan fingerprint density at radius 2 is 2.16 bits per heavy atom. The van der Waals surface area contributed by atoms with Gasteiger partial charge < -0.3 is 5.32 Å². The second kappa shape index (κ2) is 4.96. The van der Waals surface area contributed by atoms with E-state index in [1.54, 1.807) is 0 Å². The van der Waals surface area contributed by atoms with Gasteiger partial charge in [-0.1, -0.05) is 0 Å². The van der Waals surface area contributed by atoms with Crippen molar-refractivity contribution in [2.75, 3.05) is 16.8 Å². The molecule has 1 fully saturated rings. The standard InChI is InChI=1S/C11H12N2O5S/c14-6-8-1-2-10(11(5-8)13(15)16)12-9-3-4-19(17,18)7-9/h1-2,5-6,9,12H,3-4,7H2. The van der Waals surface area contributed by atoms with Gasteiger partial charge in [-0.15, -0.1) is 0 Å². The molecule has 1 saturated heterocycles. The molecule has 1 aliphatic rings. The van der Waals surface area contributed by atoms with Gasteiger partial charge in [-0.25, -0.2) is 8.42 Å². The molecule has 1 heterocycles. The normalized spacial score (nSPS) is 20.9. The van der Waals surface area contributed by atoms with Crippen molar-refractivity contribution in [3.63, 3.8) is 0 Å². The first kappa shape index (κ1) is 13.5. The topological polar surface area (TPSA) is 106 Å². The molecule has 7 nitrogen and oxygen atoms in total. The number of benzene rings is 1. The van der Waals surface area contributed by atoms with Crippen molar-refractivity contribution >= 4 is 27.5 Å². The van der Waals surface area contributed by atoms with Crippen molar-refractivity contribution in [3.05, 3.63) is 33.9 Å². The van der Waals surface area contributed by atoms with Crippen LogP contribution in [0.5, 0.6) is 0 Å². The second-order valence-corrected chi connectivity index (χ2v) is 6.62. The number of nitro benzene ring substituents is 1. The van der Waals surface area contributed by atoms with Gasteiger partial charge in [0.15, 0.2) is 9.84 Å². The van der Waals surface area contributed by atoms with Crippen LogP contribution in [0.25, 0.3) is 0 Å². The molecule has 0 radical (unpaired) electrons. The van der Waals surface area contributed by atoms with Crippen LogP contribution >= 0.6 is 0 Å². The van der Waals surface area contributed by atoms with E-state index in [0.717, 1.165) is 0 Å². The smallest absolute Gasteiger partial charge is 0.293 e. The number of anilines is 1. The van der Waals surface area contributed by atoms with E-state index in [1.807, 2.05) is 0 Å². The summed E-state index contributed by atoms with van der Waals surface area (Å²) >= 11 is 0. The molecule has 1 atom stereocenters. The molecule has 0 amide bonds. The molecule has 0 aromatic heterocycles. The lowest BCUT2D eigenvalue weighted by atomic mass is 10.1. The number of sulfone groups is 1. The lowest BCUT2D eigenvalue weighted by molar-refractivity contribution is -0.384. The van der Waals surface area contributed by atoms with E-state index in [-0.39, 0.29) is 34.5 Å². The quantitative estimate of drug-likeness (QED) is 0.502. The number of hydrogen-bond donors (Lipinski definition) is 1. The Labute approximate surface area is 109 Å². The number of hydrogen-bond acceptors (Lipinski definition) is 6. The van der Waals surface area contributed by atoms with Gasteiger partial charge in [-0.2, -0.15) is 0 Å². The molecule has 0 saturated carbocycles. The number of rotatable bonds is 4. The zero-order valence-corrected chi connectivity index (χ0v) is 10.7. The van der Waals surface area contributed by atoms with Crippen LogP contribution in [-0.2, 0) is 9.84 Å². The maximum absolute atomic E-state index is 11.3. The average molecular weight is 284 g/mol. The minimum Gasteiger partial charge on any atom is -0.376 e. The second-order valence-electron chi connectivity index (χ2n) is 4.40. The van der Waals surface area contributed by atoms with Crippen molar-refractivity contribution in [1.82, 2.24) is 0 Å². The summed E-state index contributed by atoms with van der Waals surface area (Å²) in [6.07, 6.45) is 0.950. The highest BCUT2D eigenvalue weighted by Gasteiger charge is 2.29. The molecule has 1 aromatic carbocycles. The highest BCUT2D eigenvalue weighted by atomic mass is 32.2. The van der Waals surface area contributed by atoms with E-state index in [1.165, 1.54) is 18.2 Å². The van der Waals surface area contributed by atoms with E-state index in [2.05, 4.69) is 5.32 Å². The zero-order chi connectivity index (χ0) is 14.0. The largest absolute Gasteiger partial charge is 0.376 e. The van der Waals surface area contributed by atoms with Gasteiger partial charge >= 0.3 is 0 Å². The zero-order valence-electron chi connectivity index (χ0n) is 9.90. The molecular weight excluding hydrogens is 272 g/mol. The number of nitrogens with one attached hydrogen (secondary N) is 1. The number of carbonyl (C=O) groups excluding carboxylic acids is 1. The summed E-state index contributed by atoms with van der Waals surface area (Å²) in [5.41, 5.74) is 0.211. The molecule has 1 aliphatic heterocycles. The molecule has 1 unspecified atom stereocenters. The van der Waals surface area contributed by atoms with Crippen molar-refractivity contribution in [1.29, 1.82) is 0 Å². The lowest BCUT2D eigenvalue weighted by Crippen LogP contribution is -2.21.